The van der Waals surface area contributed by atoms with E-state index in [1.807, 2.05) is 0 Å². The number of rotatable bonds is 8. The standard InChI is InChI=1S/C18H18F2N2O4/c1-25-15-4-2-3-5-16(15)26-11-17(23)21-8-9-22-18(24)13-7-6-12(19)10-14(13)20/h2-7,10H,8-9,11H2,1H3,(H,21,23)(H,22,24). The molecule has 0 bridgehead atoms. The van der Waals surface area contributed by atoms with E-state index in [1.165, 1.54) is 7.11 Å². The smallest absolute Gasteiger partial charge is 0.258 e. The Labute approximate surface area is 149 Å². The van der Waals surface area contributed by atoms with Crippen LogP contribution in [0.3, 0.4) is 0 Å². The minimum Gasteiger partial charge on any atom is -0.493 e. The summed E-state index contributed by atoms with van der Waals surface area (Å²) in [6, 6.07) is 9.58. The van der Waals surface area contributed by atoms with Crippen molar-refractivity contribution in [3.8, 4) is 11.5 Å². The molecule has 2 aromatic rings. The first-order chi connectivity index (χ1) is 12.5. The van der Waals surface area contributed by atoms with Crippen LogP contribution < -0.4 is 20.1 Å². The zero-order valence-electron chi connectivity index (χ0n) is 14.1. The van der Waals surface area contributed by atoms with Crippen LogP contribution in [0.2, 0.25) is 0 Å². The highest BCUT2D eigenvalue weighted by Gasteiger charge is 2.12. The third kappa shape index (κ3) is 5.44. The van der Waals surface area contributed by atoms with Gasteiger partial charge in [-0.15, -0.1) is 0 Å². The molecule has 8 heteroatoms. The summed E-state index contributed by atoms with van der Waals surface area (Å²) < 4.78 is 36.7. The number of nitrogens with one attached hydrogen (secondary N) is 2. The second-order valence-electron chi connectivity index (χ2n) is 5.17. The SMILES string of the molecule is COc1ccccc1OCC(=O)NCCNC(=O)c1ccc(F)cc1F. The average molecular weight is 364 g/mol. The molecule has 138 valence electrons. The lowest BCUT2D eigenvalue weighted by molar-refractivity contribution is -0.123. The largest absolute Gasteiger partial charge is 0.493 e. The Morgan fingerprint density at radius 1 is 1.00 bits per heavy atom. The molecule has 26 heavy (non-hydrogen) atoms. The third-order valence-electron chi connectivity index (χ3n) is 3.34. The van der Waals surface area contributed by atoms with Crippen LogP contribution >= 0.6 is 0 Å². The summed E-state index contributed by atoms with van der Waals surface area (Å²) in [5.41, 5.74) is -0.266. The van der Waals surface area contributed by atoms with Crippen molar-refractivity contribution in [3.05, 3.63) is 59.7 Å². The molecule has 0 saturated carbocycles. The number of carbonyl (C=O) groups excluding carboxylic acids is 2. The Balaban J connectivity index is 1.70. The minimum atomic E-state index is -0.947. The fourth-order valence-electron chi connectivity index (χ4n) is 2.08. The maximum Gasteiger partial charge on any atom is 0.258 e. The van der Waals surface area contributed by atoms with Crippen molar-refractivity contribution in [2.45, 2.75) is 0 Å². The molecule has 2 aromatic carbocycles. The number of para-hydroxylation sites is 2. The van der Waals surface area contributed by atoms with Gasteiger partial charge >= 0.3 is 0 Å². The van der Waals surface area contributed by atoms with Gasteiger partial charge in [-0.05, 0) is 24.3 Å². The maximum absolute atomic E-state index is 13.5. The average Bonchev–Trinajstić information content (AvgIpc) is 2.63. The molecule has 0 saturated heterocycles. The Kier molecular flexibility index (Phi) is 6.90. The first-order valence-corrected chi connectivity index (χ1v) is 7.77. The van der Waals surface area contributed by atoms with Crippen LogP contribution in [0.25, 0.3) is 0 Å². The van der Waals surface area contributed by atoms with E-state index in [0.717, 1.165) is 12.1 Å². The monoisotopic (exact) mass is 364 g/mol. The number of hydrogen-bond acceptors (Lipinski definition) is 4. The summed E-state index contributed by atoms with van der Waals surface area (Å²) >= 11 is 0. The Bertz CT molecular complexity index is 784. The van der Waals surface area contributed by atoms with Gasteiger partial charge in [0, 0.05) is 19.2 Å². The molecule has 0 aliphatic carbocycles. The minimum absolute atomic E-state index is 0.0794. The highest BCUT2D eigenvalue weighted by atomic mass is 19.1. The number of methoxy groups -OCH3 is 1. The molecule has 2 amide bonds. The van der Waals surface area contributed by atoms with Crippen molar-refractivity contribution in [1.29, 1.82) is 0 Å². The molecule has 0 radical (unpaired) electrons. The van der Waals surface area contributed by atoms with Crippen LogP contribution in [0, 0.1) is 11.6 Å². The lowest BCUT2D eigenvalue weighted by atomic mass is 10.2. The molecule has 2 rings (SSSR count). The predicted octanol–water partition coefficient (Wildman–Crippen LogP) is 1.90. The van der Waals surface area contributed by atoms with Gasteiger partial charge in [0.25, 0.3) is 11.8 Å². The fourth-order valence-corrected chi connectivity index (χ4v) is 2.08. The molecule has 0 spiro atoms. The second-order valence-corrected chi connectivity index (χ2v) is 5.17. The lowest BCUT2D eigenvalue weighted by Crippen LogP contribution is -2.37. The summed E-state index contributed by atoms with van der Waals surface area (Å²) in [6.07, 6.45) is 0. The fraction of sp³-hybridized carbons (Fsp3) is 0.222. The van der Waals surface area contributed by atoms with Crippen molar-refractivity contribution < 1.29 is 27.8 Å². The number of ether oxygens (including phenoxy) is 2. The van der Waals surface area contributed by atoms with Crippen molar-refractivity contribution in [1.82, 2.24) is 10.6 Å². The maximum atomic E-state index is 13.5. The molecular weight excluding hydrogens is 346 g/mol. The van der Waals surface area contributed by atoms with E-state index in [2.05, 4.69) is 10.6 Å². The molecule has 0 heterocycles. The number of hydrogen-bond donors (Lipinski definition) is 2. The van der Waals surface area contributed by atoms with E-state index in [1.54, 1.807) is 24.3 Å². The van der Waals surface area contributed by atoms with Gasteiger partial charge in [-0.2, -0.15) is 0 Å². The van der Waals surface area contributed by atoms with Gasteiger partial charge in [0.2, 0.25) is 0 Å². The summed E-state index contributed by atoms with van der Waals surface area (Å²) in [4.78, 5) is 23.5. The van der Waals surface area contributed by atoms with Gasteiger partial charge in [0.1, 0.15) is 11.6 Å². The molecule has 0 aliphatic rings. The zero-order valence-corrected chi connectivity index (χ0v) is 14.1. The third-order valence-corrected chi connectivity index (χ3v) is 3.34. The molecule has 6 nitrogen and oxygen atoms in total. The number of carbonyl (C=O) groups is 2. The van der Waals surface area contributed by atoms with Crippen molar-refractivity contribution in [2.75, 3.05) is 26.8 Å². The quantitative estimate of drug-likeness (QED) is 0.702. The lowest BCUT2D eigenvalue weighted by Gasteiger charge is -2.11. The van der Waals surface area contributed by atoms with Gasteiger partial charge in [-0.1, -0.05) is 12.1 Å². The summed E-state index contributed by atoms with van der Waals surface area (Å²) in [5, 5.41) is 4.98. The van der Waals surface area contributed by atoms with Crippen LogP contribution in [0.1, 0.15) is 10.4 Å². The first kappa shape index (κ1) is 19.2. The molecule has 0 aromatic heterocycles. The Morgan fingerprint density at radius 3 is 2.38 bits per heavy atom. The van der Waals surface area contributed by atoms with E-state index in [-0.39, 0.29) is 25.3 Å². The summed E-state index contributed by atoms with van der Waals surface area (Å²) in [5.74, 6) is -1.85. The number of halogens is 2. The molecule has 2 N–H and O–H groups in total. The van der Waals surface area contributed by atoms with Gasteiger partial charge < -0.3 is 20.1 Å². The molecule has 0 aliphatic heterocycles. The van der Waals surface area contributed by atoms with E-state index in [0.29, 0.717) is 17.6 Å². The summed E-state index contributed by atoms with van der Waals surface area (Å²) in [7, 11) is 1.49. The van der Waals surface area contributed by atoms with E-state index >= 15 is 0 Å². The number of amides is 2. The molecule has 0 atom stereocenters. The van der Waals surface area contributed by atoms with Crippen LogP contribution in [0.4, 0.5) is 8.78 Å². The zero-order chi connectivity index (χ0) is 18.9. The van der Waals surface area contributed by atoms with Crippen LogP contribution in [0.15, 0.2) is 42.5 Å². The molecule has 0 unspecified atom stereocenters. The van der Waals surface area contributed by atoms with Crippen LogP contribution in [-0.4, -0.2) is 38.6 Å². The highest BCUT2D eigenvalue weighted by molar-refractivity contribution is 5.94. The topological polar surface area (TPSA) is 76.7 Å². The molecule has 0 fully saturated rings. The first-order valence-electron chi connectivity index (χ1n) is 7.77. The van der Waals surface area contributed by atoms with Crippen LogP contribution in [-0.2, 0) is 4.79 Å². The highest BCUT2D eigenvalue weighted by Crippen LogP contribution is 2.25. The van der Waals surface area contributed by atoms with E-state index in [4.69, 9.17) is 9.47 Å². The van der Waals surface area contributed by atoms with E-state index < -0.39 is 23.4 Å². The van der Waals surface area contributed by atoms with Crippen molar-refractivity contribution in [2.24, 2.45) is 0 Å². The Hall–Kier alpha value is -3.16. The van der Waals surface area contributed by atoms with E-state index in [9.17, 15) is 18.4 Å². The molecular formula is C18H18F2N2O4. The van der Waals surface area contributed by atoms with Crippen molar-refractivity contribution in [3.63, 3.8) is 0 Å². The normalized spacial score (nSPS) is 10.1. The van der Waals surface area contributed by atoms with Gasteiger partial charge in [0.05, 0.1) is 12.7 Å². The van der Waals surface area contributed by atoms with Gasteiger partial charge in [0.15, 0.2) is 18.1 Å². The van der Waals surface area contributed by atoms with Crippen LogP contribution in [0.5, 0.6) is 11.5 Å². The Morgan fingerprint density at radius 2 is 1.69 bits per heavy atom. The van der Waals surface area contributed by atoms with Crippen molar-refractivity contribution >= 4 is 11.8 Å². The second kappa shape index (κ2) is 9.36. The van der Waals surface area contributed by atoms with Gasteiger partial charge in [-0.25, -0.2) is 8.78 Å². The summed E-state index contributed by atoms with van der Waals surface area (Å²) in [6.45, 7) is -0.0143. The number of benzene rings is 2. The van der Waals surface area contributed by atoms with Gasteiger partial charge in [-0.3, -0.25) is 9.59 Å². The predicted molar refractivity (Wildman–Crippen MR) is 90.2 cm³/mol.